The maximum Gasteiger partial charge on any atom is 0.295 e. The van der Waals surface area contributed by atoms with E-state index in [0.717, 1.165) is 0 Å². The van der Waals surface area contributed by atoms with E-state index in [0.29, 0.717) is 31.9 Å². The topological polar surface area (TPSA) is 46.6 Å². The third kappa shape index (κ3) is 2.56. The van der Waals surface area contributed by atoms with Crippen molar-refractivity contribution in [3.05, 3.63) is 35.1 Å². The number of hydrogen-bond acceptors (Lipinski definition) is 3. The normalized spacial score (nSPS) is 15.6. The first kappa shape index (κ1) is 12.7. The molecule has 1 aromatic rings. The number of carbonyl (C=O) groups is 2. The van der Waals surface area contributed by atoms with Crippen LogP contribution in [0.1, 0.15) is 15.9 Å². The van der Waals surface area contributed by atoms with E-state index in [2.05, 4.69) is 0 Å². The van der Waals surface area contributed by atoms with E-state index >= 15 is 0 Å². The third-order valence-electron chi connectivity index (χ3n) is 2.91. The lowest BCUT2D eigenvalue weighted by molar-refractivity contribution is -0.130. The largest absolute Gasteiger partial charge is 0.378 e. The molecule has 1 aromatic carbocycles. The van der Waals surface area contributed by atoms with Gasteiger partial charge in [0.25, 0.3) is 5.91 Å². The lowest BCUT2D eigenvalue weighted by Crippen LogP contribution is -2.44. The molecule has 0 aromatic heterocycles. The minimum Gasteiger partial charge on any atom is -0.378 e. The van der Waals surface area contributed by atoms with Gasteiger partial charge in [-0.15, -0.1) is 0 Å². The van der Waals surface area contributed by atoms with E-state index in [1.54, 1.807) is 6.92 Å². The highest BCUT2D eigenvalue weighted by molar-refractivity contribution is 6.42. The van der Waals surface area contributed by atoms with Gasteiger partial charge in [-0.1, -0.05) is 0 Å². The number of rotatable bonds is 2. The smallest absolute Gasteiger partial charge is 0.295 e. The number of hydrogen-bond donors (Lipinski definition) is 0. The van der Waals surface area contributed by atoms with E-state index in [1.165, 1.54) is 23.1 Å². The van der Waals surface area contributed by atoms with Crippen LogP contribution in [0.5, 0.6) is 0 Å². The first-order valence-electron chi connectivity index (χ1n) is 5.77. The van der Waals surface area contributed by atoms with Crippen molar-refractivity contribution in [1.82, 2.24) is 4.90 Å². The van der Waals surface area contributed by atoms with E-state index < -0.39 is 11.7 Å². The Kier molecular flexibility index (Phi) is 3.72. The van der Waals surface area contributed by atoms with Gasteiger partial charge in [0.15, 0.2) is 0 Å². The van der Waals surface area contributed by atoms with Crippen LogP contribution in [-0.2, 0) is 9.53 Å². The van der Waals surface area contributed by atoms with Gasteiger partial charge in [-0.2, -0.15) is 0 Å². The second kappa shape index (κ2) is 5.27. The van der Waals surface area contributed by atoms with Crippen LogP contribution in [0.2, 0.25) is 0 Å². The van der Waals surface area contributed by atoms with Crippen molar-refractivity contribution in [2.75, 3.05) is 26.3 Å². The second-order valence-electron chi connectivity index (χ2n) is 4.20. The van der Waals surface area contributed by atoms with Gasteiger partial charge in [0.1, 0.15) is 5.82 Å². The predicted molar refractivity (Wildman–Crippen MR) is 62.9 cm³/mol. The Hall–Kier alpha value is -1.75. The number of ether oxygens (including phenoxy) is 1. The minimum atomic E-state index is -0.597. The van der Waals surface area contributed by atoms with Crippen LogP contribution < -0.4 is 0 Å². The Morgan fingerprint density at radius 2 is 1.94 bits per heavy atom. The summed E-state index contributed by atoms with van der Waals surface area (Å²) in [6, 6.07) is 3.94. The summed E-state index contributed by atoms with van der Waals surface area (Å²) in [6.45, 7) is 3.30. The summed E-state index contributed by atoms with van der Waals surface area (Å²) in [5.74, 6) is -1.53. The van der Waals surface area contributed by atoms with Gasteiger partial charge >= 0.3 is 0 Å². The van der Waals surface area contributed by atoms with E-state index in [-0.39, 0.29) is 11.4 Å². The van der Waals surface area contributed by atoms with Crippen molar-refractivity contribution in [1.29, 1.82) is 0 Å². The second-order valence-corrected chi connectivity index (χ2v) is 4.20. The molecule has 0 unspecified atom stereocenters. The van der Waals surface area contributed by atoms with E-state index in [1.807, 2.05) is 0 Å². The molecule has 0 atom stereocenters. The summed E-state index contributed by atoms with van der Waals surface area (Å²) in [4.78, 5) is 25.3. The van der Waals surface area contributed by atoms with Crippen LogP contribution in [0.4, 0.5) is 4.39 Å². The molecule has 0 aliphatic carbocycles. The summed E-state index contributed by atoms with van der Waals surface area (Å²) in [5, 5.41) is 0. The van der Waals surface area contributed by atoms with Gasteiger partial charge in [0.2, 0.25) is 5.78 Å². The molecule has 1 aliphatic rings. The van der Waals surface area contributed by atoms with Crippen molar-refractivity contribution >= 4 is 11.7 Å². The van der Waals surface area contributed by atoms with Gasteiger partial charge in [0.05, 0.1) is 13.2 Å². The van der Waals surface area contributed by atoms with E-state index in [4.69, 9.17) is 4.74 Å². The molecule has 5 heteroatoms. The average molecular weight is 251 g/mol. The summed E-state index contributed by atoms with van der Waals surface area (Å²) in [7, 11) is 0. The van der Waals surface area contributed by atoms with Gasteiger partial charge in [-0.25, -0.2) is 4.39 Å². The molecule has 1 amide bonds. The third-order valence-corrected chi connectivity index (χ3v) is 2.91. The average Bonchev–Trinajstić information content (AvgIpc) is 2.41. The molecule has 18 heavy (non-hydrogen) atoms. The molecule has 1 fully saturated rings. The summed E-state index contributed by atoms with van der Waals surface area (Å²) in [5.41, 5.74) is 0.584. The molecule has 0 bridgehead atoms. The highest BCUT2D eigenvalue weighted by atomic mass is 19.1. The molecular formula is C13H14FNO3. The molecule has 0 N–H and O–H groups in total. The quantitative estimate of drug-likeness (QED) is 0.585. The molecule has 0 spiro atoms. The van der Waals surface area contributed by atoms with Gasteiger partial charge in [-0.3, -0.25) is 9.59 Å². The molecule has 1 aliphatic heterocycles. The van der Waals surface area contributed by atoms with Crippen molar-refractivity contribution in [3.8, 4) is 0 Å². The van der Waals surface area contributed by atoms with Crippen LogP contribution in [0.25, 0.3) is 0 Å². The number of halogens is 1. The van der Waals surface area contributed by atoms with Crippen LogP contribution in [-0.4, -0.2) is 42.9 Å². The van der Waals surface area contributed by atoms with Crippen molar-refractivity contribution < 1.29 is 18.7 Å². The summed E-state index contributed by atoms with van der Waals surface area (Å²) < 4.78 is 18.2. The Labute approximate surface area is 104 Å². The number of amides is 1. The summed E-state index contributed by atoms with van der Waals surface area (Å²) in [6.07, 6.45) is 0. The molecule has 96 valence electrons. The monoisotopic (exact) mass is 251 g/mol. The minimum absolute atomic E-state index is 0.227. The molecule has 2 rings (SSSR count). The van der Waals surface area contributed by atoms with Crippen LogP contribution >= 0.6 is 0 Å². The Balaban J connectivity index is 2.14. The highest BCUT2D eigenvalue weighted by Gasteiger charge is 2.24. The number of ketones is 1. The zero-order valence-electron chi connectivity index (χ0n) is 10.1. The number of Topliss-reactive ketones (excluding diaryl/α,β-unsaturated/α-hetero) is 1. The molecule has 4 nitrogen and oxygen atoms in total. The summed E-state index contributed by atoms with van der Waals surface area (Å²) >= 11 is 0. The fourth-order valence-electron chi connectivity index (χ4n) is 1.82. The molecular weight excluding hydrogens is 237 g/mol. The zero-order chi connectivity index (χ0) is 13.1. The Morgan fingerprint density at radius 1 is 1.28 bits per heavy atom. The highest BCUT2D eigenvalue weighted by Crippen LogP contribution is 2.11. The lowest BCUT2D eigenvalue weighted by atomic mass is 10.1. The maximum absolute atomic E-state index is 13.1. The Bertz CT molecular complexity index is 481. The Morgan fingerprint density at radius 3 is 2.56 bits per heavy atom. The van der Waals surface area contributed by atoms with Crippen LogP contribution in [0.15, 0.2) is 18.2 Å². The van der Waals surface area contributed by atoms with Crippen molar-refractivity contribution in [2.24, 2.45) is 0 Å². The van der Waals surface area contributed by atoms with Crippen molar-refractivity contribution in [3.63, 3.8) is 0 Å². The van der Waals surface area contributed by atoms with Crippen molar-refractivity contribution in [2.45, 2.75) is 6.92 Å². The van der Waals surface area contributed by atoms with E-state index in [9.17, 15) is 14.0 Å². The van der Waals surface area contributed by atoms with Gasteiger partial charge in [0, 0.05) is 18.7 Å². The van der Waals surface area contributed by atoms with Gasteiger partial charge in [-0.05, 0) is 30.7 Å². The number of morpholine rings is 1. The fraction of sp³-hybridized carbons (Fsp3) is 0.385. The number of benzene rings is 1. The standard InChI is InChI=1S/C13H14FNO3/c1-9-8-10(2-3-11(9)14)12(16)13(17)15-4-6-18-7-5-15/h2-3,8H,4-7H2,1H3. The number of aryl methyl sites for hydroxylation is 1. The maximum atomic E-state index is 13.1. The first-order valence-corrected chi connectivity index (χ1v) is 5.77. The van der Waals surface area contributed by atoms with Gasteiger partial charge < -0.3 is 9.64 Å². The first-order chi connectivity index (χ1) is 8.59. The molecule has 1 heterocycles. The van der Waals surface area contributed by atoms with Crippen LogP contribution in [0.3, 0.4) is 0 Å². The fourth-order valence-corrected chi connectivity index (χ4v) is 1.82. The lowest BCUT2D eigenvalue weighted by Gasteiger charge is -2.26. The zero-order valence-corrected chi connectivity index (χ0v) is 10.1. The molecule has 1 saturated heterocycles. The number of nitrogens with zero attached hydrogens (tertiary/aromatic N) is 1. The molecule has 0 radical (unpaired) electrons. The SMILES string of the molecule is Cc1cc(C(=O)C(=O)N2CCOCC2)ccc1F. The van der Waals surface area contributed by atoms with Crippen LogP contribution in [0, 0.1) is 12.7 Å². The number of carbonyl (C=O) groups excluding carboxylic acids is 2. The predicted octanol–water partition coefficient (Wildman–Crippen LogP) is 1.18. The molecule has 0 saturated carbocycles.